The van der Waals surface area contributed by atoms with E-state index in [0.717, 1.165) is 0 Å². The third kappa shape index (κ3) is 4.45. The molecular weight excluding hydrogens is 235 g/mol. The van der Waals surface area contributed by atoms with Gasteiger partial charge in [-0.1, -0.05) is 12.1 Å². The minimum Gasteiger partial charge on any atom is -0.494 e. The molecule has 0 fully saturated rings. The molecule has 0 saturated carbocycles. The average molecular weight is 254 g/mol. The number of hydrogen-bond acceptors (Lipinski definition) is 3. The van der Waals surface area contributed by atoms with Gasteiger partial charge in [-0.05, 0) is 25.0 Å². The molecule has 0 bridgehead atoms. The normalized spacial score (nSPS) is 10.4. The molecule has 0 heterocycles. The number of ketones is 1. The molecule has 1 aromatic carbocycles. The van der Waals surface area contributed by atoms with E-state index in [9.17, 15) is 9.18 Å². The Morgan fingerprint density at radius 3 is 2.83 bits per heavy atom. The lowest BCUT2D eigenvalue weighted by Gasteiger charge is -2.07. The molecule has 0 amide bonds. The number of carbonyl (C=O) groups excluding carboxylic acids is 1. The molecule has 18 heavy (non-hydrogen) atoms. The Bertz CT molecular complexity index is 391. The second-order valence-electron chi connectivity index (χ2n) is 3.95. The van der Waals surface area contributed by atoms with Crippen LogP contribution >= 0.6 is 0 Å². The van der Waals surface area contributed by atoms with Gasteiger partial charge in [-0.3, -0.25) is 4.79 Å². The standard InChI is InChI=1S/C14H19FO3/c1-3-18-9-5-7-12(16)10-11-6-4-8-13(17-2)14(11)15/h4,6,8H,3,5,7,9-10H2,1-2H3. The summed E-state index contributed by atoms with van der Waals surface area (Å²) in [7, 11) is 1.41. The number of benzene rings is 1. The minimum absolute atomic E-state index is 0.0156. The topological polar surface area (TPSA) is 35.5 Å². The zero-order chi connectivity index (χ0) is 13.4. The summed E-state index contributed by atoms with van der Waals surface area (Å²) in [4.78, 5) is 11.7. The molecular formula is C14H19FO3. The van der Waals surface area contributed by atoms with Gasteiger partial charge < -0.3 is 9.47 Å². The molecule has 4 heteroatoms. The van der Waals surface area contributed by atoms with Crippen molar-refractivity contribution in [3.05, 3.63) is 29.6 Å². The molecule has 0 aliphatic rings. The highest BCUT2D eigenvalue weighted by atomic mass is 19.1. The molecule has 0 saturated heterocycles. The van der Waals surface area contributed by atoms with E-state index in [1.807, 2.05) is 6.92 Å². The van der Waals surface area contributed by atoms with Crippen LogP contribution in [0.3, 0.4) is 0 Å². The van der Waals surface area contributed by atoms with Crippen molar-refractivity contribution in [3.63, 3.8) is 0 Å². The average Bonchev–Trinajstić information content (AvgIpc) is 2.37. The van der Waals surface area contributed by atoms with Crippen LogP contribution in [0, 0.1) is 5.82 Å². The van der Waals surface area contributed by atoms with Gasteiger partial charge >= 0.3 is 0 Å². The van der Waals surface area contributed by atoms with Gasteiger partial charge in [0.25, 0.3) is 0 Å². The van der Waals surface area contributed by atoms with E-state index in [0.29, 0.717) is 31.6 Å². The van der Waals surface area contributed by atoms with Crippen molar-refractivity contribution < 1.29 is 18.7 Å². The molecule has 0 radical (unpaired) electrons. The number of carbonyl (C=O) groups is 1. The fraction of sp³-hybridized carbons (Fsp3) is 0.500. The number of Topliss-reactive ketones (excluding diaryl/α,β-unsaturated/α-hetero) is 1. The molecule has 0 unspecified atom stereocenters. The fourth-order valence-electron chi connectivity index (χ4n) is 1.67. The Morgan fingerprint density at radius 2 is 2.17 bits per heavy atom. The highest BCUT2D eigenvalue weighted by molar-refractivity contribution is 5.81. The summed E-state index contributed by atoms with van der Waals surface area (Å²) in [5.41, 5.74) is 0.385. The van der Waals surface area contributed by atoms with Gasteiger partial charge in [0.15, 0.2) is 11.6 Å². The van der Waals surface area contributed by atoms with Crippen molar-refractivity contribution in [1.82, 2.24) is 0 Å². The van der Waals surface area contributed by atoms with Gasteiger partial charge in [0.1, 0.15) is 5.78 Å². The third-order valence-corrected chi connectivity index (χ3v) is 2.60. The first-order chi connectivity index (χ1) is 8.69. The van der Waals surface area contributed by atoms with Crippen LogP contribution in [-0.2, 0) is 16.0 Å². The van der Waals surface area contributed by atoms with Gasteiger partial charge in [0.05, 0.1) is 7.11 Å². The molecule has 3 nitrogen and oxygen atoms in total. The molecule has 0 aliphatic carbocycles. The summed E-state index contributed by atoms with van der Waals surface area (Å²) < 4.78 is 23.8. The predicted molar refractivity (Wildman–Crippen MR) is 67.4 cm³/mol. The molecule has 0 aromatic heterocycles. The van der Waals surface area contributed by atoms with Crippen molar-refractivity contribution in [3.8, 4) is 5.75 Å². The second-order valence-corrected chi connectivity index (χ2v) is 3.95. The van der Waals surface area contributed by atoms with Crippen LogP contribution in [-0.4, -0.2) is 26.1 Å². The minimum atomic E-state index is -0.446. The Kier molecular flexibility index (Phi) is 6.36. The van der Waals surface area contributed by atoms with Crippen molar-refractivity contribution in [2.75, 3.05) is 20.3 Å². The maximum atomic E-state index is 13.8. The largest absolute Gasteiger partial charge is 0.494 e. The Morgan fingerprint density at radius 1 is 1.39 bits per heavy atom. The van der Waals surface area contributed by atoms with Crippen molar-refractivity contribution in [1.29, 1.82) is 0 Å². The zero-order valence-corrected chi connectivity index (χ0v) is 10.9. The number of ether oxygens (including phenoxy) is 2. The van der Waals surface area contributed by atoms with Crippen LogP contribution in [0.2, 0.25) is 0 Å². The highest BCUT2D eigenvalue weighted by Gasteiger charge is 2.11. The monoisotopic (exact) mass is 254 g/mol. The zero-order valence-electron chi connectivity index (χ0n) is 10.9. The second kappa shape index (κ2) is 7.82. The summed E-state index contributed by atoms with van der Waals surface area (Å²) in [6, 6.07) is 4.83. The lowest BCUT2D eigenvalue weighted by atomic mass is 10.0. The number of methoxy groups -OCH3 is 1. The molecule has 0 spiro atoms. The molecule has 1 rings (SSSR count). The van der Waals surface area contributed by atoms with E-state index >= 15 is 0 Å². The maximum Gasteiger partial charge on any atom is 0.168 e. The van der Waals surface area contributed by atoms with Crippen molar-refractivity contribution in [2.24, 2.45) is 0 Å². The number of hydrogen-bond donors (Lipinski definition) is 0. The van der Waals surface area contributed by atoms with Gasteiger partial charge in [0, 0.05) is 26.1 Å². The van der Waals surface area contributed by atoms with E-state index in [-0.39, 0.29) is 18.0 Å². The summed E-state index contributed by atoms with van der Waals surface area (Å²) in [6.45, 7) is 3.13. The van der Waals surface area contributed by atoms with Gasteiger partial charge in [-0.15, -0.1) is 0 Å². The Hall–Kier alpha value is -1.42. The lowest BCUT2D eigenvalue weighted by Crippen LogP contribution is -2.07. The molecule has 0 atom stereocenters. The lowest BCUT2D eigenvalue weighted by molar-refractivity contribution is -0.118. The van der Waals surface area contributed by atoms with Gasteiger partial charge in [-0.25, -0.2) is 4.39 Å². The Labute approximate surface area is 107 Å². The first-order valence-corrected chi connectivity index (χ1v) is 6.09. The van der Waals surface area contributed by atoms with Gasteiger partial charge in [0.2, 0.25) is 0 Å². The maximum absolute atomic E-state index is 13.8. The van der Waals surface area contributed by atoms with E-state index in [1.165, 1.54) is 7.11 Å². The van der Waals surface area contributed by atoms with Crippen LogP contribution in [0.25, 0.3) is 0 Å². The van der Waals surface area contributed by atoms with Gasteiger partial charge in [-0.2, -0.15) is 0 Å². The number of rotatable bonds is 8. The van der Waals surface area contributed by atoms with Crippen LogP contribution in [0.1, 0.15) is 25.3 Å². The summed E-state index contributed by atoms with van der Waals surface area (Å²) in [6.07, 6.45) is 1.20. The number of halogens is 1. The first-order valence-electron chi connectivity index (χ1n) is 6.09. The van der Waals surface area contributed by atoms with Crippen LogP contribution < -0.4 is 4.74 Å². The quantitative estimate of drug-likeness (QED) is 0.669. The predicted octanol–water partition coefficient (Wildman–Crippen LogP) is 2.76. The van der Waals surface area contributed by atoms with E-state index < -0.39 is 5.82 Å². The van der Waals surface area contributed by atoms with Crippen molar-refractivity contribution in [2.45, 2.75) is 26.2 Å². The molecule has 1 aromatic rings. The highest BCUT2D eigenvalue weighted by Crippen LogP contribution is 2.20. The van der Waals surface area contributed by atoms with E-state index in [4.69, 9.17) is 9.47 Å². The van der Waals surface area contributed by atoms with Crippen LogP contribution in [0.5, 0.6) is 5.75 Å². The first kappa shape index (κ1) is 14.6. The van der Waals surface area contributed by atoms with Crippen molar-refractivity contribution >= 4 is 5.78 Å². The summed E-state index contributed by atoms with van der Waals surface area (Å²) in [5, 5.41) is 0. The third-order valence-electron chi connectivity index (χ3n) is 2.60. The molecule has 100 valence electrons. The summed E-state index contributed by atoms with van der Waals surface area (Å²) in [5.74, 6) is -0.255. The Balaban J connectivity index is 2.49. The molecule has 0 N–H and O–H groups in total. The van der Waals surface area contributed by atoms with Crippen LogP contribution in [0.4, 0.5) is 4.39 Å². The van der Waals surface area contributed by atoms with E-state index in [1.54, 1.807) is 18.2 Å². The summed E-state index contributed by atoms with van der Waals surface area (Å²) >= 11 is 0. The smallest absolute Gasteiger partial charge is 0.168 e. The fourth-order valence-corrected chi connectivity index (χ4v) is 1.67. The molecule has 0 aliphatic heterocycles. The SMILES string of the molecule is CCOCCCC(=O)Cc1cccc(OC)c1F. The van der Waals surface area contributed by atoms with E-state index in [2.05, 4.69) is 0 Å². The van der Waals surface area contributed by atoms with Crippen LogP contribution in [0.15, 0.2) is 18.2 Å².